The lowest BCUT2D eigenvalue weighted by atomic mass is 10.1. The molecule has 5 heteroatoms. The Bertz CT molecular complexity index is 778. The van der Waals surface area contributed by atoms with Crippen molar-refractivity contribution in [1.29, 1.82) is 0 Å². The number of oxime groups is 1. The maximum atomic E-state index is 6.09. The smallest absolute Gasteiger partial charge is 0.142 e. The molecule has 0 aliphatic rings. The van der Waals surface area contributed by atoms with Crippen LogP contribution in [0.15, 0.2) is 59.8 Å². The molecule has 150 valence electrons. The Balaban J connectivity index is 1.99. The van der Waals surface area contributed by atoms with Gasteiger partial charge in [0.05, 0.1) is 0 Å². The summed E-state index contributed by atoms with van der Waals surface area (Å²) in [5, 5.41) is 4.17. The van der Waals surface area contributed by atoms with Crippen molar-refractivity contribution in [3.8, 4) is 11.5 Å². The van der Waals surface area contributed by atoms with Gasteiger partial charge in [-0.15, -0.1) is 0 Å². The van der Waals surface area contributed by atoms with Crippen LogP contribution in [0.4, 0.5) is 0 Å². The molecule has 0 aliphatic heterocycles. The average Bonchev–Trinajstić information content (AvgIpc) is 2.68. The molecule has 0 aromatic heterocycles. The van der Waals surface area contributed by atoms with E-state index in [1.807, 2.05) is 82.4 Å². The molecule has 5 nitrogen and oxygen atoms in total. The number of benzene rings is 2. The summed E-state index contributed by atoms with van der Waals surface area (Å²) in [4.78, 5) is 7.07. The van der Waals surface area contributed by atoms with Crippen LogP contribution in [-0.4, -0.2) is 44.7 Å². The van der Waals surface area contributed by atoms with E-state index in [2.05, 4.69) is 10.1 Å². The highest BCUT2D eigenvalue weighted by Crippen LogP contribution is 2.28. The molecule has 0 saturated carbocycles. The first-order valence-corrected chi connectivity index (χ1v) is 9.37. The fourth-order valence-electron chi connectivity index (χ4n) is 2.85. The Morgan fingerprint density at radius 1 is 1.07 bits per heavy atom. The number of nitrogens with zero attached hydrogens (tertiary/aromatic N) is 2. The highest BCUT2D eigenvalue weighted by Gasteiger charge is 2.11. The van der Waals surface area contributed by atoms with Gasteiger partial charge in [0.2, 0.25) is 0 Å². The van der Waals surface area contributed by atoms with E-state index >= 15 is 0 Å². The summed E-state index contributed by atoms with van der Waals surface area (Å²) in [5.41, 5.74) is 4.00. The summed E-state index contributed by atoms with van der Waals surface area (Å²) in [6, 6.07) is 14.0. The van der Waals surface area contributed by atoms with Crippen LogP contribution in [0.2, 0.25) is 0 Å². The zero-order valence-corrected chi connectivity index (χ0v) is 17.4. The number of rotatable bonds is 10. The van der Waals surface area contributed by atoms with E-state index in [0.717, 1.165) is 33.9 Å². The minimum atomic E-state index is 0.441. The zero-order chi connectivity index (χ0) is 20.4. The molecule has 0 saturated heterocycles. The molecule has 0 fully saturated rings. The molecule has 0 spiro atoms. The van der Waals surface area contributed by atoms with Crippen LogP contribution < -0.4 is 9.47 Å². The summed E-state index contributed by atoms with van der Waals surface area (Å²) in [6.45, 7) is 7.67. The van der Waals surface area contributed by atoms with Crippen molar-refractivity contribution in [1.82, 2.24) is 4.90 Å². The van der Waals surface area contributed by atoms with Crippen molar-refractivity contribution < 1.29 is 14.3 Å². The van der Waals surface area contributed by atoms with E-state index in [9.17, 15) is 0 Å². The molecule has 0 heterocycles. The van der Waals surface area contributed by atoms with Gasteiger partial charge >= 0.3 is 0 Å². The summed E-state index contributed by atoms with van der Waals surface area (Å²) in [5.74, 6) is 1.74. The van der Waals surface area contributed by atoms with Gasteiger partial charge < -0.3 is 14.3 Å². The van der Waals surface area contributed by atoms with Crippen LogP contribution in [-0.2, 0) is 4.84 Å². The molecule has 2 rings (SSSR count). The van der Waals surface area contributed by atoms with Gasteiger partial charge in [-0.1, -0.05) is 47.6 Å². The molecule has 2 aromatic rings. The van der Waals surface area contributed by atoms with Crippen LogP contribution in [0.5, 0.6) is 11.5 Å². The maximum absolute atomic E-state index is 6.09. The predicted molar refractivity (Wildman–Crippen MR) is 114 cm³/mol. The number of aryl methyl sites for hydroxylation is 2. The number of hydrogen-bond donors (Lipinski definition) is 0. The molecule has 0 N–H and O–H groups in total. The fourth-order valence-corrected chi connectivity index (χ4v) is 2.85. The van der Waals surface area contributed by atoms with Crippen LogP contribution in [0.1, 0.15) is 23.6 Å². The topological polar surface area (TPSA) is 43.3 Å². The lowest BCUT2D eigenvalue weighted by Gasteiger charge is -2.20. The van der Waals surface area contributed by atoms with Gasteiger partial charge in [-0.2, -0.15) is 0 Å². The first-order chi connectivity index (χ1) is 13.5. The minimum absolute atomic E-state index is 0.441. The highest BCUT2D eigenvalue weighted by molar-refractivity contribution is 6.01. The Labute approximate surface area is 168 Å². The van der Waals surface area contributed by atoms with Crippen molar-refractivity contribution in [2.45, 2.75) is 20.8 Å². The summed E-state index contributed by atoms with van der Waals surface area (Å²) >= 11 is 0. The Morgan fingerprint density at radius 3 is 2.36 bits per heavy atom. The molecule has 0 unspecified atom stereocenters. The quantitative estimate of drug-likeness (QED) is 0.261. The first kappa shape index (κ1) is 21.5. The van der Waals surface area contributed by atoms with Crippen LogP contribution in [0, 0.1) is 13.8 Å². The molecule has 2 aromatic carbocycles. The Hall–Kier alpha value is -2.79. The second-order valence-electron chi connectivity index (χ2n) is 6.64. The molecule has 0 bridgehead atoms. The number of hydrogen-bond acceptors (Lipinski definition) is 5. The lowest BCUT2D eigenvalue weighted by Crippen LogP contribution is -2.30. The second kappa shape index (κ2) is 11.1. The van der Waals surface area contributed by atoms with E-state index in [4.69, 9.17) is 14.3 Å². The maximum Gasteiger partial charge on any atom is 0.142 e. The van der Waals surface area contributed by atoms with Crippen molar-refractivity contribution in [2.75, 3.05) is 34.0 Å². The van der Waals surface area contributed by atoms with Crippen molar-refractivity contribution in [3.05, 3.63) is 71.3 Å². The van der Waals surface area contributed by atoms with Crippen LogP contribution in [0.25, 0.3) is 0 Å². The van der Waals surface area contributed by atoms with Crippen molar-refractivity contribution >= 4 is 5.71 Å². The normalized spacial score (nSPS) is 11.9. The predicted octanol–water partition coefficient (Wildman–Crippen LogP) is 4.58. The van der Waals surface area contributed by atoms with Gasteiger partial charge in [-0.3, -0.25) is 4.90 Å². The number of likely N-dealkylation sites (N-methyl/N-ethyl adjacent to an activating group) is 1. The number of allylic oxidation sites excluding steroid dienone is 1. The monoisotopic (exact) mass is 382 g/mol. The molecular formula is C23H30N2O3. The Kier molecular flexibility index (Phi) is 8.56. The molecule has 0 amide bonds. The molecule has 0 aliphatic carbocycles. The minimum Gasteiger partial charge on any atom is -0.490 e. The van der Waals surface area contributed by atoms with Crippen LogP contribution >= 0.6 is 0 Å². The summed E-state index contributed by atoms with van der Waals surface area (Å²) in [6.07, 6.45) is 3.96. The molecular weight excluding hydrogens is 352 g/mol. The zero-order valence-electron chi connectivity index (χ0n) is 17.4. The molecule has 0 atom stereocenters. The van der Waals surface area contributed by atoms with Gasteiger partial charge in [0.25, 0.3) is 0 Å². The lowest BCUT2D eigenvalue weighted by molar-refractivity contribution is 0.163. The third-order valence-electron chi connectivity index (χ3n) is 4.17. The Morgan fingerprint density at radius 2 is 1.75 bits per heavy atom. The summed E-state index contributed by atoms with van der Waals surface area (Å²) in [7, 11) is 3.55. The standard InChI is InChI=1S/C23H30N2O3/c1-6-7-13-27-21-14-18(2)23(19(3)15-21)28-17-25(4)16-22(24-26-5)20-11-9-8-10-12-20/h6-12,14-15H,13,16-17H2,1-5H3/b7-6+,24-22-. The number of ether oxygens (including phenoxy) is 2. The highest BCUT2D eigenvalue weighted by atomic mass is 16.6. The molecule has 28 heavy (non-hydrogen) atoms. The van der Waals surface area contributed by atoms with Gasteiger partial charge in [-0.05, 0) is 51.1 Å². The largest absolute Gasteiger partial charge is 0.490 e. The van der Waals surface area contributed by atoms with E-state index in [-0.39, 0.29) is 0 Å². The van der Waals surface area contributed by atoms with E-state index in [1.54, 1.807) is 7.11 Å². The van der Waals surface area contributed by atoms with Gasteiger partial charge in [0, 0.05) is 12.1 Å². The SMILES string of the molecule is C/C=C/COc1cc(C)c(OCN(C)C/C(=N/OC)c2ccccc2)c(C)c1. The van der Waals surface area contributed by atoms with Gasteiger partial charge in [-0.25, -0.2) is 0 Å². The molecule has 0 radical (unpaired) electrons. The summed E-state index contributed by atoms with van der Waals surface area (Å²) < 4.78 is 11.8. The third kappa shape index (κ3) is 6.43. The van der Waals surface area contributed by atoms with Crippen molar-refractivity contribution in [2.24, 2.45) is 5.16 Å². The fraction of sp³-hybridized carbons (Fsp3) is 0.348. The van der Waals surface area contributed by atoms with E-state index in [0.29, 0.717) is 19.9 Å². The van der Waals surface area contributed by atoms with Crippen LogP contribution in [0.3, 0.4) is 0 Å². The average molecular weight is 383 g/mol. The van der Waals surface area contributed by atoms with E-state index in [1.165, 1.54) is 0 Å². The third-order valence-corrected chi connectivity index (χ3v) is 4.17. The van der Waals surface area contributed by atoms with Gasteiger partial charge in [0.1, 0.15) is 37.7 Å². The van der Waals surface area contributed by atoms with Crippen molar-refractivity contribution in [3.63, 3.8) is 0 Å². The van der Waals surface area contributed by atoms with Gasteiger partial charge in [0.15, 0.2) is 0 Å². The first-order valence-electron chi connectivity index (χ1n) is 9.37. The van der Waals surface area contributed by atoms with E-state index < -0.39 is 0 Å². The second-order valence-corrected chi connectivity index (χ2v) is 6.64.